The molecule has 0 saturated carbocycles. The summed E-state index contributed by atoms with van der Waals surface area (Å²) in [6.07, 6.45) is 1.78. The van der Waals surface area contributed by atoms with Crippen molar-refractivity contribution in [3.05, 3.63) is 41.9 Å². The number of benzene rings is 1. The van der Waals surface area contributed by atoms with Gasteiger partial charge in [-0.25, -0.2) is 0 Å². The molecule has 4 nitrogen and oxygen atoms in total. The first-order valence-electron chi connectivity index (χ1n) is 6.13. The molecule has 0 aliphatic carbocycles. The predicted molar refractivity (Wildman–Crippen MR) is 81.1 cm³/mol. The van der Waals surface area contributed by atoms with Crippen molar-refractivity contribution in [2.45, 2.75) is 13.0 Å². The van der Waals surface area contributed by atoms with Gasteiger partial charge in [0.05, 0.1) is 6.54 Å². The standard InChI is InChI=1S/C14H20ClN3O/c1-4-8-17-14(16-3)18-10-11(2)19-13-7-5-6-12(15)9-13/h4-7,9,11H,1,8,10H2,2-3H3,(H2,16,17,18). The molecular formula is C14H20ClN3O. The van der Waals surface area contributed by atoms with Crippen molar-refractivity contribution in [2.24, 2.45) is 4.99 Å². The first kappa shape index (κ1) is 15.4. The molecule has 0 spiro atoms. The number of ether oxygens (including phenoxy) is 1. The molecule has 0 aromatic heterocycles. The topological polar surface area (TPSA) is 45.7 Å². The zero-order valence-electron chi connectivity index (χ0n) is 11.3. The van der Waals surface area contributed by atoms with Crippen molar-refractivity contribution in [2.75, 3.05) is 20.1 Å². The highest BCUT2D eigenvalue weighted by atomic mass is 35.5. The summed E-state index contributed by atoms with van der Waals surface area (Å²) < 4.78 is 5.74. The van der Waals surface area contributed by atoms with Gasteiger partial charge in [0.25, 0.3) is 0 Å². The quantitative estimate of drug-likeness (QED) is 0.478. The van der Waals surface area contributed by atoms with E-state index in [0.717, 1.165) is 11.7 Å². The van der Waals surface area contributed by atoms with Crippen molar-refractivity contribution < 1.29 is 4.74 Å². The van der Waals surface area contributed by atoms with E-state index in [9.17, 15) is 0 Å². The van der Waals surface area contributed by atoms with E-state index in [0.29, 0.717) is 18.1 Å². The maximum absolute atomic E-state index is 5.90. The minimum Gasteiger partial charge on any atom is -0.489 e. The van der Waals surface area contributed by atoms with E-state index in [-0.39, 0.29) is 6.10 Å². The van der Waals surface area contributed by atoms with E-state index in [4.69, 9.17) is 16.3 Å². The molecule has 5 heteroatoms. The first-order valence-corrected chi connectivity index (χ1v) is 6.51. The van der Waals surface area contributed by atoms with Gasteiger partial charge in [0.15, 0.2) is 5.96 Å². The number of guanidine groups is 1. The SMILES string of the molecule is C=CCNC(=NC)NCC(C)Oc1cccc(Cl)c1. The Morgan fingerprint density at radius 1 is 1.53 bits per heavy atom. The van der Waals surface area contributed by atoms with Gasteiger partial charge in [0, 0.05) is 18.6 Å². The number of aliphatic imine (C=N–C) groups is 1. The van der Waals surface area contributed by atoms with Crippen molar-refractivity contribution in [3.63, 3.8) is 0 Å². The Kier molecular flexibility index (Phi) is 6.82. The van der Waals surface area contributed by atoms with E-state index in [2.05, 4.69) is 22.2 Å². The van der Waals surface area contributed by atoms with E-state index < -0.39 is 0 Å². The normalized spacial score (nSPS) is 12.7. The van der Waals surface area contributed by atoms with Gasteiger partial charge in [-0.1, -0.05) is 23.7 Å². The third-order valence-electron chi connectivity index (χ3n) is 2.33. The van der Waals surface area contributed by atoms with Crippen LogP contribution in [0.5, 0.6) is 5.75 Å². The number of hydrogen-bond donors (Lipinski definition) is 2. The Labute approximate surface area is 119 Å². The third-order valence-corrected chi connectivity index (χ3v) is 2.56. The van der Waals surface area contributed by atoms with Crippen LogP contribution in [0.15, 0.2) is 41.9 Å². The fourth-order valence-electron chi connectivity index (χ4n) is 1.44. The van der Waals surface area contributed by atoms with Gasteiger partial charge in [-0.2, -0.15) is 0 Å². The molecule has 1 unspecified atom stereocenters. The maximum Gasteiger partial charge on any atom is 0.191 e. The third kappa shape index (κ3) is 6.15. The van der Waals surface area contributed by atoms with Crippen LogP contribution in [0.25, 0.3) is 0 Å². The summed E-state index contributed by atoms with van der Waals surface area (Å²) in [5.74, 6) is 1.48. The average molecular weight is 282 g/mol. The van der Waals surface area contributed by atoms with Gasteiger partial charge in [-0.3, -0.25) is 4.99 Å². The minimum atomic E-state index is 0.000692. The van der Waals surface area contributed by atoms with Crippen LogP contribution in [0.1, 0.15) is 6.92 Å². The number of hydrogen-bond acceptors (Lipinski definition) is 2. The summed E-state index contributed by atoms with van der Waals surface area (Å²) >= 11 is 5.90. The van der Waals surface area contributed by atoms with Crippen LogP contribution in [0, 0.1) is 0 Å². The number of rotatable bonds is 6. The molecule has 2 N–H and O–H groups in total. The molecule has 104 valence electrons. The molecule has 1 rings (SSSR count). The Morgan fingerprint density at radius 2 is 2.32 bits per heavy atom. The lowest BCUT2D eigenvalue weighted by Gasteiger charge is -2.17. The summed E-state index contributed by atoms with van der Waals surface area (Å²) in [6.45, 7) is 6.94. The first-order chi connectivity index (χ1) is 9.15. The molecule has 1 aromatic carbocycles. The average Bonchev–Trinajstić information content (AvgIpc) is 2.39. The van der Waals surface area contributed by atoms with Crippen LogP contribution >= 0.6 is 11.6 Å². The molecule has 0 bridgehead atoms. The van der Waals surface area contributed by atoms with Crippen molar-refractivity contribution in [1.29, 1.82) is 0 Å². The molecule has 1 atom stereocenters. The van der Waals surface area contributed by atoms with Gasteiger partial charge in [-0.15, -0.1) is 6.58 Å². The van der Waals surface area contributed by atoms with Crippen LogP contribution in [0.3, 0.4) is 0 Å². The lowest BCUT2D eigenvalue weighted by Crippen LogP contribution is -2.41. The highest BCUT2D eigenvalue weighted by molar-refractivity contribution is 6.30. The van der Waals surface area contributed by atoms with Crippen molar-refractivity contribution in [3.8, 4) is 5.75 Å². The summed E-state index contributed by atoms with van der Waals surface area (Å²) in [6, 6.07) is 7.36. The minimum absolute atomic E-state index is 0.000692. The van der Waals surface area contributed by atoms with E-state index in [1.54, 1.807) is 19.2 Å². The summed E-state index contributed by atoms with van der Waals surface area (Å²) in [5, 5.41) is 6.93. The van der Waals surface area contributed by atoms with Gasteiger partial charge in [0.1, 0.15) is 11.9 Å². The summed E-state index contributed by atoms with van der Waals surface area (Å²) in [7, 11) is 1.72. The Morgan fingerprint density at radius 3 is 2.95 bits per heavy atom. The van der Waals surface area contributed by atoms with E-state index in [1.807, 2.05) is 25.1 Å². The molecule has 0 amide bonds. The lowest BCUT2D eigenvalue weighted by atomic mass is 10.3. The van der Waals surface area contributed by atoms with Gasteiger partial charge >= 0.3 is 0 Å². The van der Waals surface area contributed by atoms with Gasteiger partial charge in [-0.05, 0) is 25.1 Å². The van der Waals surface area contributed by atoms with Crippen LogP contribution < -0.4 is 15.4 Å². The molecule has 19 heavy (non-hydrogen) atoms. The smallest absolute Gasteiger partial charge is 0.191 e. The monoisotopic (exact) mass is 281 g/mol. The Hall–Kier alpha value is -1.68. The molecule has 0 fully saturated rings. The molecule has 0 aliphatic rings. The van der Waals surface area contributed by atoms with Crippen molar-refractivity contribution in [1.82, 2.24) is 10.6 Å². The van der Waals surface area contributed by atoms with E-state index >= 15 is 0 Å². The highest BCUT2D eigenvalue weighted by Crippen LogP contribution is 2.18. The second kappa shape index (κ2) is 8.43. The lowest BCUT2D eigenvalue weighted by molar-refractivity contribution is 0.224. The van der Waals surface area contributed by atoms with Gasteiger partial charge in [0.2, 0.25) is 0 Å². The zero-order chi connectivity index (χ0) is 14.1. The second-order valence-corrected chi connectivity index (χ2v) is 4.44. The Balaban J connectivity index is 2.38. The molecule has 0 heterocycles. The molecule has 1 aromatic rings. The molecule has 0 aliphatic heterocycles. The summed E-state index contributed by atoms with van der Waals surface area (Å²) in [5.41, 5.74) is 0. The van der Waals surface area contributed by atoms with E-state index in [1.165, 1.54) is 0 Å². The fraction of sp³-hybridized carbons (Fsp3) is 0.357. The van der Waals surface area contributed by atoms with Gasteiger partial charge < -0.3 is 15.4 Å². The predicted octanol–water partition coefficient (Wildman–Crippen LogP) is 2.46. The number of halogens is 1. The highest BCUT2D eigenvalue weighted by Gasteiger charge is 2.05. The Bertz CT molecular complexity index is 434. The number of nitrogens with one attached hydrogen (secondary N) is 2. The molecule has 0 radical (unpaired) electrons. The second-order valence-electron chi connectivity index (χ2n) is 4.01. The largest absolute Gasteiger partial charge is 0.489 e. The summed E-state index contributed by atoms with van der Waals surface area (Å²) in [4.78, 5) is 4.09. The fourth-order valence-corrected chi connectivity index (χ4v) is 1.62. The van der Waals surface area contributed by atoms with Crippen LogP contribution in [-0.2, 0) is 0 Å². The van der Waals surface area contributed by atoms with Crippen molar-refractivity contribution >= 4 is 17.6 Å². The molecule has 0 saturated heterocycles. The van der Waals surface area contributed by atoms with Crippen LogP contribution in [-0.4, -0.2) is 32.2 Å². The molecular weight excluding hydrogens is 262 g/mol. The maximum atomic E-state index is 5.90. The number of nitrogens with zero attached hydrogens (tertiary/aromatic N) is 1. The van der Waals surface area contributed by atoms with Crippen LogP contribution in [0.4, 0.5) is 0 Å². The zero-order valence-corrected chi connectivity index (χ0v) is 12.1. The van der Waals surface area contributed by atoms with Crippen LogP contribution in [0.2, 0.25) is 5.02 Å².